The van der Waals surface area contributed by atoms with Crippen molar-refractivity contribution in [3.05, 3.63) is 59.7 Å². The third-order valence-corrected chi connectivity index (χ3v) is 7.22. The van der Waals surface area contributed by atoms with Crippen LogP contribution in [0.25, 0.3) is 0 Å². The lowest BCUT2D eigenvalue weighted by atomic mass is 9.74. The molecule has 0 radical (unpaired) electrons. The van der Waals surface area contributed by atoms with Crippen molar-refractivity contribution in [1.82, 2.24) is 0 Å². The van der Waals surface area contributed by atoms with Crippen molar-refractivity contribution in [2.24, 2.45) is 35.0 Å². The minimum absolute atomic E-state index is 0.0877. The van der Waals surface area contributed by atoms with E-state index >= 15 is 0 Å². The highest BCUT2D eigenvalue weighted by Crippen LogP contribution is 2.37. The summed E-state index contributed by atoms with van der Waals surface area (Å²) in [6.45, 7) is 3.91. The Kier molecular flexibility index (Phi) is 10.2. The molecule has 0 heterocycles. The molecule has 3 rings (SSSR count). The highest BCUT2D eigenvalue weighted by molar-refractivity contribution is 5.94. The number of ether oxygens (including phenoxy) is 2. The van der Waals surface area contributed by atoms with Crippen molar-refractivity contribution in [1.29, 1.82) is 5.41 Å². The highest BCUT2D eigenvalue weighted by Gasteiger charge is 2.24. The van der Waals surface area contributed by atoms with Crippen molar-refractivity contribution in [2.75, 3.05) is 13.2 Å². The van der Waals surface area contributed by atoms with Gasteiger partial charge in [-0.2, -0.15) is 0 Å². The van der Waals surface area contributed by atoms with E-state index in [9.17, 15) is 0 Å². The number of rotatable bonds is 13. The van der Waals surface area contributed by atoms with Gasteiger partial charge in [0.15, 0.2) is 0 Å². The van der Waals surface area contributed by atoms with Gasteiger partial charge in [-0.05, 0) is 98.2 Å². The monoisotopic (exact) mass is 466 g/mol. The average molecular weight is 467 g/mol. The van der Waals surface area contributed by atoms with Gasteiger partial charge in [0, 0.05) is 5.56 Å². The molecule has 6 heteroatoms. The molecule has 7 N–H and O–H groups in total. The van der Waals surface area contributed by atoms with Crippen molar-refractivity contribution in [3.8, 4) is 11.5 Å². The molecule has 0 spiro atoms. The number of hydrogen-bond donors (Lipinski definition) is 4. The maximum Gasteiger partial charge on any atom is 0.122 e. The zero-order valence-electron chi connectivity index (χ0n) is 20.5. The van der Waals surface area contributed by atoms with E-state index in [1.807, 2.05) is 48.5 Å². The first-order chi connectivity index (χ1) is 16.4. The summed E-state index contributed by atoms with van der Waals surface area (Å²) < 4.78 is 11.8. The van der Waals surface area contributed by atoms with Crippen LogP contribution in [-0.2, 0) is 0 Å². The molecule has 34 heavy (non-hydrogen) atoms. The SMILES string of the molecule is CC(CCCOc1ccc(C(N)N)cc1)C1CCC(CCCOc2ccc(C(=N)N)cc2)CC1. The Hall–Kier alpha value is -2.57. The molecule has 2 aromatic rings. The number of nitrogens with two attached hydrogens (primary N) is 3. The summed E-state index contributed by atoms with van der Waals surface area (Å²) in [5.41, 5.74) is 18.5. The van der Waals surface area contributed by atoms with E-state index < -0.39 is 6.17 Å². The molecule has 0 saturated heterocycles. The second-order valence-electron chi connectivity index (χ2n) is 9.77. The number of nitrogen functional groups attached to an aromatic ring is 1. The van der Waals surface area contributed by atoms with Crippen LogP contribution >= 0.6 is 0 Å². The smallest absolute Gasteiger partial charge is 0.122 e. The molecule has 2 aromatic carbocycles. The van der Waals surface area contributed by atoms with Crippen molar-refractivity contribution in [2.45, 2.75) is 64.5 Å². The Morgan fingerprint density at radius 3 is 2.00 bits per heavy atom. The van der Waals surface area contributed by atoms with E-state index in [-0.39, 0.29) is 5.84 Å². The molecule has 0 bridgehead atoms. The van der Waals surface area contributed by atoms with Crippen LogP contribution in [-0.4, -0.2) is 19.0 Å². The molecule has 186 valence electrons. The van der Waals surface area contributed by atoms with Crippen LogP contribution in [0, 0.1) is 23.2 Å². The van der Waals surface area contributed by atoms with Gasteiger partial charge in [0.25, 0.3) is 0 Å². The molecule has 1 aliphatic carbocycles. The lowest BCUT2D eigenvalue weighted by Gasteiger charge is -2.32. The quantitative estimate of drug-likeness (QED) is 0.137. The van der Waals surface area contributed by atoms with E-state index in [1.54, 1.807) is 0 Å². The summed E-state index contributed by atoms with van der Waals surface area (Å²) in [6, 6.07) is 15.2. The van der Waals surface area contributed by atoms with Crippen LogP contribution < -0.4 is 26.7 Å². The minimum Gasteiger partial charge on any atom is -0.494 e. The summed E-state index contributed by atoms with van der Waals surface area (Å²) >= 11 is 0. The van der Waals surface area contributed by atoms with Gasteiger partial charge in [-0.3, -0.25) is 5.41 Å². The van der Waals surface area contributed by atoms with E-state index in [2.05, 4.69) is 6.92 Å². The third-order valence-electron chi connectivity index (χ3n) is 7.22. The van der Waals surface area contributed by atoms with Crippen LogP contribution in [0.4, 0.5) is 0 Å². The predicted octanol–water partition coefficient (Wildman–Crippen LogP) is 5.35. The van der Waals surface area contributed by atoms with E-state index in [4.69, 9.17) is 32.1 Å². The summed E-state index contributed by atoms with van der Waals surface area (Å²) in [4.78, 5) is 0. The first-order valence-electron chi connectivity index (χ1n) is 12.7. The summed E-state index contributed by atoms with van der Waals surface area (Å²) in [5, 5.41) is 7.44. The fourth-order valence-electron chi connectivity index (χ4n) is 4.96. The molecular formula is C28H42N4O2. The second-order valence-corrected chi connectivity index (χ2v) is 9.77. The maximum atomic E-state index is 7.44. The maximum absolute atomic E-state index is 7.44. The van der Waals surface area contributed by atoms with Gasteiger partial charge in [0.1, 0.15) is 17.3 Å². The van der Waals surface area contributed by atoms with Crippen molar-refractivity contribution in [3.63, 3.8) is 0 Å². The van der Waals surface area contributed by atoms with Crippen LogP contribution in [0.5, 0.6) is 11.5 Å². The number of amidine groups is 1. The Bertz CT molecular complexity index is 859. The van der Waals surface area contributed by atoms with Crippen LogP contribution in [0.3, 0.4) is 0 Å². The highest BCUT2D eigenvalue weighted by atomic mass is 16.5. The molecule has 1 fully saturated rings. The van der Waals surface area contributed by atoms with Crippen LogP contribution in [0.1, 0.15) is 75.6 Å². The summed E-state index contributed by atoms with van der Waals surface area (Å²) in [5.74, 6) is 4.25. The normalized spacial score (nSPS) is 19.1. The molecule has 6 nitrogen and oxygen atoms in total. The third kappa shape index (κ3) is 8.33. The lowest BCUT2D eigenvalue weighted by molar-refractivity contribution is 0.183. The molecule has 1 atom stereocenters. The molecule has 0 aromatic heterocycles. The first kappa shape index (κ1) is 26.0. The molecule has 1 saturated carbocycles. The van der Waals surface area contributed by atoms with Gasteiger partial charge in [-0.15, -0.1) is 0 Å². The Morgan fingerprint density at radius 1 is 0.882 bits per heavy atom. The molecule has 1 unspecified atom stereocenters. The number of hydrogen-bond acceptors (Lipinski definition) is 5. The zero-order valence-corrected chi connectivity index (χ0v) is 20.5. The van der Waals surface area contributed by atoms with E-state index in [1.165, 1.54) is 38.5 Å². The van der Waals surface area contributed by atoms with Gasteiger partial charge in [0.05, 0.1) is 19.4 Å². The molecular weight excluding hydrogens is 424 g/mol. The molecule has 0 aliphatic heterocycles. The van der Waals surface area contributed by atoms with E-state index in [0.717, 1.165) is 66.4 Å². The number of nitrogens with one attached hydrogen (secondary N) is 1. The van der Waals surface area contributed by atoms with Crippen molar-refractivity contribution < 1.29 is 9.47 Å². The van der Waals surface area contributed by atoms with Crippen LogP contribution in [0.2, 0.25) is 0 Å². The Labute approximate surface area is 204 Å². The minimum atomic E-state index is -0.434. The van der Waals surface area contributed by atoms with Crippen LogP contribution in [0.15, 0.2) is 48.5 Å². The van der Waals surface area contributed by atoms with Gasteiger partial charge < -0.3 is 26.7 Å². The largest absolute Gasteiger partial charge is 0.494 e. The molecule has 0 amide bonds. The topological polar surface area (TPSA) is 120 Å². The predicted molar refractivity (Wildman–Crippen MR) is 139 cm³/mol. The summed E-state index contributed by atoms with van der Waals surface area (Å²) in [7, 11) is 0. The Morgan fingerprint density at radius 2 is 1.44 bits per heavy atom. The fourth-order valence-corrected chi connectivity index (χ4v) is 4.96. The van der Waals surface area contributed by atoms with Gasteiger partial charge in [-0.25, -0.2) is 0 Å². The average Bonchev–Trinajstić information content (AvgIpc) is 2.85. The van der Waals surface area contributed by atoms with Gasteiger partial charge >= 0.3 is 0 Å². The standard InChI is InChI=1S/C28H42N4O2/c1-20(4-2-18-33-25-14-10-23(11-15-25)27(29)30)22-8-6-21(7-9-22)5-3-19-34-26-16-12-24(13-17-26)28(31)32/h10-17,20-22,27H,2-9,18-19,29-30H2,1H3,(H3,31,32). The van der Waals surface area contributed by atoms with Gasteiger partial charge in [-0.1, -0.05) is 31.9 Å². The first-order valence-corrected chi connectivity index (χ1v) is 12.7. The zero-order chi connectivity index (χ0) is 24.3. The lowest BCUT2D eigenvalue weighted by Crippen LogP contribution is -2.21. The Balaban J connectivity index is 1.24. The fraction of sp³-hybridized carbons (Fsp3) is 0.536. The van der Waals surface area contributed by atoms with Gasteiger partial charge in [0.2, 0.25) is 0 Å². The second kappa shape index (κ2) is 13.4. The number of benzene rings is 2. The van der Waals surface area contributed by atoms with E-state index in [0.29, 0.717) is 0 Å². The van der Waals surface area contributed by atoms with Crippen molar-refractivity contribution >= 4 is 5.84 Å². The summed E-state index contributed by atoms with van der Waals surface area (Å²) in [6.07, 6.45) is 9.59. The molecule has 1 aliphatic rings.